The summed E-state index contributed by atoms with van der Waals surface area (Å²) < 4.78 is -1.76. The zero-order valence-corrected chi connectivity index (χ0v) is 32.3. The van der Waals surface area contributed by atoms with Gasteiger partial charge in [-0.3, -0.25) is 0 Å². The van der Waals surface area contributed by atoms with Gasteiger partial charge in [-0.25, -0.2) is 0 Å². The molecule has 2 aliphatic carbocycles. The third kappa shape index (κ3) is 5.49. The molecule has 4 aromatic rings. The van der Waals surface area contributed by atoms with Gasteiger partial charge in [-0.2, -0.15) is 0 Å². The molecule has 8 heteroatoms. The van der Waals surface area contributed by atoms with E-state index in [1.54, 1.807) is 0 Å². The van der Waals surface area contributed by atoms with Gasteiger partial charge in [0.2, 0.25) is 0 Å². The molecule has 0 fully saturated rings. The summed E-state index contributed by atoms with van der Waals surface area (Å²) >= 11 is -5.85. The fraction of sp³-hybridized carbons (Fsp3) is 0.250. The molecule has 2 aliphatic rings. The summed E-state index contributed by atoms with van der Waals surface area (Å²) in [7, 11) is 17.1. The molecule has 0 saturated carbocycles. The number of amides is 2. The van der Waals surface area contributed by atoms with Crippen molar-refractivity contribution in [3.63, 3.8) is 0 Å². The summed E-state index contributed by atoms with van der Waals surface area (Å²) in [5.41, 5.74) is 13.4. The fourth-order valence-electron chi connectivity index (χ4n) is 8.30. The average molecular weight is 756 g/mol. The normalized spacial score (nSPS) is 17.6. The van der Waals surface area contributed by atoms with Crippen LogP contribution in [0, 0.1) is 25.7 Å². The van der Waals surface area contributed by atoms with Gasteiger partial charge in [-0.05, 0) is 0 Å². The molecule has 0 aromatic heterocycles. The summed E-state index contributed by atoms with van der Waals surface area (Å²) in [5, 5.41) is 5.92. The third-order valence-corrected chi connectivity index (χ3v) is 30.4. The molecule has 0 aliphatic heterocycles. The maximum atomic E-state index is 12.4. The summed E-state index contributed by atoms with van der Waals surface area (Å²) in [4.78, 5) is 24.8. The second kappa shape index (κ2) is 13.3. The maximum absolute atomic E-state index is 12.4. The summed E-state index contributed by atoms with van der Waals surface area (Å²) in [6, 6.07) is 29.6. The van der Waals surface area contributed by atoms with E-state index in [1.807, 2.05) is 0 Å². The van der Waals surface area contributed by atoms with E-state index in [4.69, 9.17) is 17.0 Å². The molecule has 0 spiro atoms. The van der Waals surface area contributed by atoms with E-state index in [-0.39, 0.29) is 11.8 Å². The number of allylic oxidation sites excluding steroid dienone is 2. The predicted molar refractivity (Wildman–Crippen MR) is 200 cm³/mol. The first kappa shape index (κ1) is 34.7. The number of hydrogen-bond acceptors (Lipinski definition) is 2. The van der Waals surface area contributed by atoms with E-state index in [2.05, 4.69) is 149 Å². The van der Waals surface area contributed by atoms with Gasteiger partial charge in [0.05, 0.1) is 0 Å². The molecule has 6 rings (SSSR count). The summed E-state index contributed by atoms with van der Waals surface area (Å²) in [5.74, 6) is 0.187. The third-order valence-electron chi connectivity index (χ3n) is 10.5. The molecule has 48 heavy (non-hydrogen) atoms. The fourth-order valence-corrected chi connectivity index (χ4v) is 29.3. The molecule has 0 radical (unpaired) electrons. The Morgan fingerprint density at radius 1 is 0.604 bits per heavy atom. The van der Waals surface area contributed by atoms with Gasteiger partial charge in [-0.1, -0.05) is 0 Å². The van der Waals surface area contributed by atoms with Crippen LogP contribution in [0.4, 0.5) is 0 Å². The van der Waals surface area contributed by atoms with Crippen LogP contribution in [-0.4, -0.2) is 17.3 Å². The first-order chi connectivity index (χ1) is 22.9. The van der Waals surface area contributed by atoms with Gasteiger partial charge < -0.3 is 0 Å². The number of carbonyl (C=O) groups excluding carboxylic acids is 2. The van der Waals surface area contributed by atoms with Crippen molar-refractivity contribution in [3.05, 3.63) is 129 Å². The number of nitrogens with one attached hydrogen (secondary N) is 2. The number of halogens is 2. The standard InChI is InChI=1S/2C19H19.C2H3BN2O2.2ClH.Zr/c2*1-13(2)16-11-15-8-6-10-18(19(15)12-16)17-9-5-4-7-14(17)3;6-1-4-3-5-2-7;;;/h2*4-13H,1-3H3;1-2H,(H-,4,5,6,7);2*1H;/q;;;;;+1/p-1. The van der Waals surface area contributed by atoms with Crippen LogP contribution in [-0.2, 0) is 25.8 Å². The van der Waals surface area contributed by atoms with Gasteiger partial charge in [0, 0.05) is 0 Å². The molecular formula is C40H42BCl2N2O2Zr. The molecule has 4 nitrogen and oxygen atoms in total. The molecule has 2 N–H and O–H groups in total. The van der Waals surface area contributed by atoms with E-state index >= 15 is 0 Å². The SMILES string of the molecule is Cc1ccccc1-c1cccc2c1C=C(C(C)C)[CH]2[Zr]([Cl])([Cl])([B](NC=O)NC=O)[CH]1C(C(C)C)=Cc2c(-c3ccccc3C)cccc21. The van der Waals surface area contributed by atoms with Crippen molar-refractivity contribution >= 4 is 46.5 Å². The Bertz CT molecular complexity index is 1850. The zero-order chi connectivity index (χ0) is 34.4. The minimum atomic E-state index is -5.85. The molecule has 0 saturated heterocycles. The number of benzene rings is 4. The van der Waals surface area contributed by atoms with Crippen LogP contribution in [0.25, 0.3) is 34.4 Å². The topological polar surface area (TPSA) is 58.2 Å². The first-order valence-corrected chi connectivity index (χ1v) is 27.3. The Kier molecular flexibility index (Phi) is 9.59. The van der Waals surface area contributed by atoms with Gasteiger partial charge in [0.1, 0.15) is 0 Å². The number of carbonyl (C=O) groups is 2. The Morgan fingerprint density at radius 3 is 1.33 bits per heavy atom. The Balaban J connectivity index is 1.70. The van der Waals surface area contributed by atoms with Crippen molar-refractivity contribution < 1.29 is 25.8 Å². The van der Waals surface area contributed by atoms with E-state index in [9.17, 15) is 9.59 Å². The first-order valence-electron chi connectivity index (χ1n) is 16.7. The van der Waals surface area contributed by atoms with E-state index in [0.29, 0.717) is 12.8 Å². The van der Waals surface area contributed by atoms with Gasteiger partial charge in [0.15, 0.2) is 0 Å². The van der Waals surface area contributed by atoms with Crippen LogP contribution in [0.1, 0.15) is 68.3 Å². The number of hydrogen-bond donors (Lipinski definition) is 2. The number of fused-ring (bicyclic) bond motifs is 2. The summed E-state index contributed by atoms with van der Waals surface area (Å²) in [6.45, 7) is 13.0. The average Bonchev–Trinajstić information content (AvgIpc) is 3.67. The van der Waals surface area contributed by atoms with Crippen LogP contribution in [0.3, 0.4) is 0 Å². The van der Waals surface area contributed by atoms with Crippen LogP contribution in [0.2, 0.25) is 0 Å². The molecule has 245 valence electrons. The molecular weight excluding hydrogens is 713 g/mol. The number of rotatable bonds is 11. The van der Waals surface area contributed by atoms with Crippen molar-refractivity contribution in [1.29, 1.82) is 0 Å². The predicted octanol–water partition coefficient (Wildman–Crippen LogP) is 10.00. The Morgan fingerprint density at radius 2 is 0.979 bits per heavy atom. The number of aryl methyl sites for hydroxylation is 2. The van der Waals surface area contributed by atoms with Crippen molar-refractivity contribution in [2.45, 2.75) is 48.8 Å². The molecule has 0 bridgehead atoms. The van der Waals surface area contributed by atoms with Crippen molar-refractivity contribution in [3.8, 4) is 22.3 Å². The second-order valence-electron chi connectivity index (χ2n) is 13.9. The Labute approximate surface area is 293 Å². The van der Waals surface area contributed by atoms with Gasteiger partial charge >= 0.3 is 295 Å². The molecule has 2 amide bonds. The van der Waals surface area contributed by atoms with Crippen molar-refractivity contribution in [2.24, 2.45) is 11.8 Å². The van der Waals surface area contributed by atoms with Crippen LogP contribution < -0.4 is 10.5 Å². The molecule has 0 heterocycles. The van der Waals surface area contributed by atoms with E-state index in [1.165, 1.54) is 11.1 Å². The van der Waals surface area contributed by atoms with E-state index in [0.717, 1.165) is 55.7 Å². The van der Waals surface area contributed by atoms with Crippen molar-refractivity contribution in [2.75, 3.05) is 0 Å². The summed E-state index contributed by atoms with van der Waals surface area (Å²) in [6.07, 6.45) is 5.80. The van der Waals surface area contributed by atoms with E-state index < -0.39 is 27.9 Å². The minimum absolute atomic E-state index is 0.0937. The quantitative estimate of drug-likeness (QED) is 0.118. The van der Waals surface area contributed by atoms with Crippen LogP contribution in [0.15, 0.2) is 96.1 Å². The monoisotopic (exact) mass is 753 g/mol. The van der Waals surface area contributed by atoms with Gasteiger partial charge in [0.25, 0.3) is 0 Å². The Hall–Kier alpha value is -3.17. The molecule has 2 unspecified atom stereocenters. The molecule has 2 atom stereocenters. The molecule has 4 aromatic carbocycles. The second-order valence-corrected chi connectivity index (χ2v) is 35.4. The van der Waals surface area contributed by atoms with Crippen LogP contribution >= 0.6 is 17.0 Å². The van der Waals surface area contributed by atoms with Crippen molar-refractivity contribution in [1.82, 2.24) is 10.5 Å². The van der Waals surface area contributed by atoms with Gasteiger partial charge in [-0.15, -0.1) is 0 Å². The zero-order valence-electron chi connectivity index (χ0n) is 28.4. The van der Waals surface area contributed by atoms with Crippen LogP contribution in [0.5, 0.6) is 0 Å².